The Hall–Kier alpha value is -3.48. The van der Waals surface area contributed by atoms with Gasteiger partial charge in [0.05, 0.1) is 23.1 Å². The van der Waals surface area contributed by atoms with Gasteiger partial charge in [0.1, 0.15) is 0 Å². The van der Waals surface area contributed by atoms with Crippen LogP contribution >= 0.6 is 11.6 Å². The summed E-state index contributed by atoms with van der Waals surface area (Å²) in [4.78, 5) is 38.2. The lowest BCUT2D eigenvalue weighted by Crippen LogP contribution is -2.36. The molecule has 35 heavy (non-hydrogen) atoms. The van der Waals surface area contributed by atoms with Crippen molar-refractivity contribution in [2.24, 2.45) is 5.92 Å². The second-order valence-electron chi connectivity index (χ2n) is 8.85. The highest BCUT2D eigenvalue weighted by Crippen LogP contribution is 2.26. The highest BCUT2D eigenvalue weighted by atomic mass is 35.5. The highest BCUT2D eigenvalue weighted by Gasteiger charge is 2.37. The molecule has 4 rings (SSSR count). The van der Waals surface area contributed by atoms with Crippen LogP contribution in [0.1, 0.15) is 44.7 Å². The lowest BCUT2D eigenvalue weighted by atomic mass is 9.93. The summed E-state index contributed by atoms with van der Waals surface area (Å²) in [5, 5.41) is 21.0. The second-order valence-corrected chi connectivity index (χ2v) is 9.29. The normalized spacial score (nSPS) is 14.7. The molecule has 1 aliphatic heterocycles. The molecule has 1 aliphatic rings. The van der Waals surface area contributed by atoms with E-state index in [0.29, 0.717) is 22.6 Å². The summed E-state index contributed by atoms with van der Waals surface area (Å²) in [5.74, 6) is -3.09. The number of nitrogens with zero attached hydrogens (tertiary/aromatic N) is 1. The summed E-state index contributed by atoms with van der Waals surface area (Å²) in [6.07, 6.45) is -0.381. The zero-order valence-electron chi connectivity index (χ0n) is 19.3. The van der Waals surface area contributed by atoms with Gasteiger partial charge >= 0.3 is 5.97 Å². The maximum Gasteiger partial charge on any atom is 0.309 e. The Morgan fingerprint density at radius 1 is 0.886 bits per heavy atom. The number of hydrogen-bond acceptors (Lipinski definition) is 4. The monoisotopic (exact) mass is 491 g/mol. The Morgan fingerprint density at radius 3 is 2.11 bits per heavy atom. The molecule has 0 radical (unpaired) electrons. The summed E-state index contributed by atoms with van der Waals surface area (Å²) in [6.45, 7) is 1.78. The van der Waals surface area contributed by atoms with Crippen LogP contribution in [0.15, 0.2) is 66.7 Å². The van der Waals surface area contributed by atoms with E-state index in [1.807, 2.05) is 55.5 Å². The lowest BCUT2D eigenvalue weighted by molar-refractivity contribution is -0.146. The number of carboxylic acids is 1. The minimum absolute atomic E-state index is 0.0174. The molecule has 2 atom stereocenters. The van der Waals surface area contributed by atoms with Gasteiger partial charge in [-0.25, -0.2) is 0 Å². The average Bonchev–Trinajstić information content (AvgIpc) is 3.07. The Bertz CT molecular complexity index is 1250. The molecule has 2 amide bonds. The molecule has 3 aromatic rings. The van der Waals surface area contributed by atoms with Gasteiger partial charge in [-0.15, -0.1) is 0 Å². The van der Waals surface area contributed by atoms with Crippen LogP contribution < -0.4 is 0 Å². The minimum atomic E-state index is -1.15. The van der Waals surface area contributed by atoms with E-state index in [-0.39, 0.29) is 19.4 Å². The third-order valence-corrected chi connectivity index (χ3v) is 6.68. The maximum absolute atomic E-state index is 12.7. The fourth-order valence-corrected chi connectivity index (χ4v) is 4.50. The van der Waals surface area contributed by atoms with E-state index >= 15 is 0 Å². The lowest BCUT2D eigenvalue weighted by Gasteiger charge is -2.22. The van der Waals surface area contributed by atoms with Crippen LogP contribution in [0.2, 0.25) is 5.02 Å². The van der Waals surface area contributed by atoms with Crippen molar-refractivity contribution in [1.82, 2.24) is 4.90 Å². The summed E-state index contributed by atoms with van der Waals surface area (Å²) in [6, 6.07) is 20.4. The largest absolute Gasteiger partial charge is 0.481 e. The third-order valence-electron chi connectivity index (χ3n) is 6.43. The second kappa shape index (κ2) is 10.4. The van der Waals surface area contributed by atoms with Crippen molar-refractivity contribution in [2.75, 3.05) is 6.54 Å². The molecule has 7 heteroatoms. The van der Waals surface area contributed by atoms with Crippen molar-refractivity contribution < 1.29 is 24.6 Å². The zero-order valence-corrected chi connectivity index (χ0v) is 20.0. The number of aliphatic carboxylic acids is 1. The number of halogens is 1. The molecule has 2 N–H and O–H groups in total. The number of rotatable bonds is 9. The number of amides is 2. The van der Waals surface area contributed by atoms with Gasteiger partial charge in [0.2, 0.25) is 0 Å². The van der Waals surface area contributed by atoms with Gasteiger partial charge in [0, 0.05) is 11.6 Å². The first-order valence-electron chi connectivity index (χ1n) is 11.5. The molecule has 1 heterocycles. The average molecular weight is 492 g/mol. The molecule has 0 fully saturated rings. The van der Waals surface area contributed by atoms with E-state index < -0.39 is 29.8 Å². The quantitative estimate of drug-likeness (QED) is 0.411. The molecule has 0 saturated heterocycles. The number of aliphatic hydroxyl groups is 1. The molecular weight excluding hydrogens is 466 g/mol. The molecular formula is C28H26ClNO5. The Morgan fingerprint density at radius 2 is 1.49 bits per heavy atom. The number of hydrogen-bond donors (Lipinski definition) is 2. The summed E-state index contributed by atoms with van der Waals surface area (Å²) < 4.78 is 0. The number of benzene rings is 3. The molecule has 2 unspecified atom stereocenters. The number of fused-ring (bicyclic) bond motifs is 1. The van der Waals surface area contributed by atoms with E-state index in [0.717, 1.165) is 27.2 Å². The number of imide groups is 1. The van der Waals surface area contributed by atoms with E-state index in [9.17, 15) is 24.6 Å². The molecule has 0 aromatic heterocycles. The number of carbonyl (C=O) groups is 3. The van der Waals surface area contributed by atoms with Crippen LogP contribution in [0.5, 0.6) is 0 Å². The van der Waals surface area contributed by atoms with Gasteiger partial charge in [-0.1, -0.05) is 59.6 Å². The summed E-state index contributed by atoms with van der Waals surface area (Å²) in [5.41, 5.74) is 4.58. The fraction of sp³-hybridized carbons (Fsp3) is 0.250. The van der Waals surface area contributed by atoms with E-state index in [2.05, 4.69) is 0 Å². The topological polar surface area (TPSA) is 94.9 Å². The Labute approximate surface area is 208 Å². The fourth-order valence-electron chi connectivity index (χ4n) is 4.38. The van der Waals surface area contributed by atoms with Crippen molar-refractivity contribution >= 4 is 29.4 Å². The van der Waals surface area contributed by atoms with Gasteiger partial charge in [0.15, 0.2) is 0 Å². The minimum Gasteiger partial charge on any atom is -0.481 e. The molecule has 180 valence electrons. The van der Waals surface area contributed by atoms with Crippen LogP contribution in [-0.4, -0.2) is 45.5 Å². The molecule has 0 aliphatic carbocycles. The Kier molecular flexibility index (Phi) is 7.34. The van der Waals surface area contributed by atoms with Crippen LogP contribution in [-0.2, 0) is 11.2 Å². The van der Waals surface area contributed by atoms with Crippen LogP contribution in [0, 0.1) is 12.8 Å². The number of aryl methyl sites for hydroxylation is 2. The van der Waals surface area contributed by atoms with Crippen molar-refractivity contribution in [2.45, 2.75) is 32.3 Å². The van der Waals surface area contributed by atoms with Crippen molar-refractivity contribution in [1.29, 1.82) is 0 Å². The standard InChI is InChI=1S/C28H26ClNO5/c1-17-2-12-22-24(16-17)27(33)30(26(22)32)15-14-23(28(34)35)25(31)13-5-18-3-6-19(7-4-18)20-8-10-21(29)11-9-20/h2-4,6-12,16,23,25,31H,5,13-15H2,1H3,(H,34,35). The zero-order chi connectivity index (χ0) is 25.1. The molecule has 0 spiro atoms. The van der Waals surface area contributed by atoms with Crippen molar-refractivity contribution in [3.8, 4) is 11.1 Å². The van der Waals surface area contributed by atoms with Crippen LogP contribution in [0.4, 0.5) is 0 Å². The van der Waals surface area contributed by atoms with Crippen LogP contribution in [0.25, 0.3) is 11.1 Å². The third kappa shape index (κ3) is 5.45. The van der Waals surface area contributed by atoms with E-state index in [4.69, 9.17) is 11.6 Å². The van der Waals surface area contributed by atoms with Gasteiger partial charge in [0.25, 0.3) is 11.8 Å². The van der Waals surface area contributed by atoms with Crippen molar-refractivity contribution in [3.63, 3.8) is 0 Å². The van der Waals surface area contributed by atoms with Crippen LogP contribution in [0.3, 0.4) is 0 Å². The first kappa shape index (κ1) is 24.6. The van der Waals surface area contributed by atoms with Gasteiger partial charge in [-0.2, -0.15) is 0 Å². The molecule has 0 saturated carbocycles. The van der Waals surface area contributed by atoms with Gasteiger partial charge in [-0.05, 0) is 67.1 Å². The van der Waals surface area contributed by atoms with Gasteiger partial charge < -0.3 is 10.2 Å². The highest BCUT2D eigenvalue weighted by molar-refractivity contribution is 6.30. The van der Waals surface area contributed by atoms with Gasteiger partial charge in [-0.3, -0.25) is 19.3 Å². The summed E-state index contributed by atoms with van der Waals surface area (Å²) >= 11 is 5.94. The Balaban J connectivity index is 1.35. The maximum atomic E-state index is 12.7. The van der Waals surface area contributed by atoms with E-state index in [1.165, 1.54) is 0 Å². The number of carbonyl (C=O) groups excluding carboxylic acids is 2. The first-order valence-corrected chi connectivity index (χ1v) is 11.8. The predicted octanol–water partition coefficient (Wildman–Crippen LogP) is 5.00. The smallest absolute Gasteiger partial charge is 0.309 e. The predicted molar refractivity (Wildman–Crippen MR) is 134 cm³/mol. The number of aliphatic hydroxyl groups excluding tert-OH is 1. The number of carboxylic acid groups (broad SMARTS) is 1. The first-order chi connectivity index (χ1) is 16.7. The van der Waals surface area contributed by atoms with Crippen molar-refractivity contribution in [3.05, 3.63) is 94.0 Å². The SMILES string of the molecule is Cc1ccc2c(c1)C(=O)N(CCC(C(=O)O)C(O)CCc1ccc(-c3ccc(Cl)cc3)cc1)C2=O. The molecule has 6 nitrogen and oxygen atoms in total. The summed E-state index contributed by atoms with van der Waals surface area (Å²) in [7, 11) is 0. The molecule has 3 aromatic carbocycles. The molecule has 0 bridgehead atoms. The van der Waals surface area contributed by atoms with E-state index in [1.54, 1.807) is 18.2 Å².